The average Bonchev–Trinajstić information content (AvgIpc) is 2.38. The Kier molecular flexibility index (Phi) is 3.87. The van der Waals surface area contributed by atoms with Gasteiger partial charge in [-0.25, -0.2) is 12.8 Å². The number of hydrogen-bond donors (Lipinski definition) is 2. The van der Waals surface area contributed by atoms with E-state index >= 15 is 0 Å². The second kappa shape index (κ2) is 5.30. The van der Waals surface area contributed by atoms with Crippen molar-refractivity contribution < 1.29 is 12.8 Å². The lowest BCUT2D eigenvalue weighted by molar-refractivity contribution is 0.601. The lowest BCUT2D eigenvalue weighted by Crippen LogP contribution is -2.14. The average molecular weight is 315 g/mol. The van der Waals surface area contributed by atoms with E-state index in [2.05, 4.69) is 4.72 Å². The molecule has 106 valence electrons. The van der Waals surface area contributed by atoms with Gasteiger partial charge in [-0.2, -0.15) is 0 Å². The van der Waals surface area contributed by atoms with Gasteiger partial charge < -0.3 is 5.73 Å². The Morgan fingerprint density at radius 1 is 1.25 bits per heavy atom. The number of benzene rings is 2. The third-order valence-corrected chi connectivity index (χ3v) is 4.48. The van der Waals surface area contributed by atoms with Crippen LogP contribution in [0.3, 0.4) is 0 Å². The lowest BCUT2D eigenvalue weighted by atomic mass is 10.2. The first kappa shape index (κ1) is 14.6. The predicted octanol–water partition coefficient (Wildman–Crippen LogP) is 3.17. The fourth-order valence-electron chi connectivity index (χ4n) is 1.60. The number of rotatable bonds is 3. The monoisotopic (exact) mass is 314 g/mol. The molecule has 0 saturated carbocycles. The highest BCUT2D eigenvalue weighted by molar-refractivity contribution is 7.92. The molecular weight excluding hydrogens is 303 g/mol. The van der Waals surface area contributed by atoms with Crippen molar-refractivity contribution >= 4 is 33.0 Å². The molecule has 2 aromatic rings. The van der Waals surface area contributed by atoms with Crippen molar-refractivity contribution in [3.63, 3.8) is 0 Å². The summed E-state index contributed by atoms with van der Waals surface area (Å²) in [7, 11) is -3.85. The minimum atomic E-state index is -3.85. The minimum Gasteiger partial charge on any atom is -0.398 e. The molecule has 20 heavy (non-hydrogen) atoms. The Bertz CT molecular complexity index is 763. The van der Waals surface area contributed by atoms with Crippen molar-refractivity contribution in [1.82, 2.24) is 0 Å². The van der Waals surface area contributed by atoms with Crippen LogP contribution in [-0.2, 0) is 10.0 Å². The van der Waals surface area contributed by atoms with Crippen molar-refractivity contribution in [3.8, 4) is 0 Å². The second-order valence-electron chi connectivity index (χ2n) is 4.20. The number of halogens is 2. The van der Waals surface area contributed by atoms with Crippen LogP contribution in [0, 0.1) is 12.7 Å². The van der Waals surface area contributed by atoms with E-state index in [0.717, 1.165) is 0 Å². The van der Waals surface area contributed by atoms with Crippen LogP contribution >= 0.6 is 11.6 Å². The third kappa shape index (κ3) is 2.86. The first-order chi connectivity index (χ1) is 9.31. The van der Waals surface area contributed by atoms with Gasteiger partial charge >= 0.3 is 0 Å². The van der Waals surface area contributed by atoms with Crippen molar-refractivity contribution in [3.05, 3.63) is 52.8 Å². The summed E-state index contributed by atoms with van der Waals surface area (Å²) >= 11 is 5.80. The molecule has 3 N–H and O–H groups in total. The maximum Gasteiger partial charge on any atom is 0.261 e. The molecule has 0 fully saturated rings. The summed E-state index contributed by atoms with van der Waals surface area (Å²) in [6.45, 7) is 1.49. The van der Waals surface area contributed by atoms with Crippen LogP contribution in [0.15, 0.2) is 41.3 Å². The zero-order valence-corrected chi connectivity index (χ0v) is 12.1. The van der Waals surface area contributed by atoms with Gasteiger partial charge in [-0.1, -0.05) is 17.7 Å². The molecule has 0 radical (unpaired) electrons. The lowest BCUT2D eigenvalue weighted by Gasteiger charge is -2.11. The summed E-state index contributed by atoms with van der Waals surface area (Å²) < 4.78 is 40.1. The third-order valence-electron chi connectivity index (χ3n) is 2.79. The van der Waals surface area contributed by atoms with Gasteiger partial charge in [0.2, 0.25) is 0 Å². The number of nitrogen functional groups attached to an aromatic ring is 1. The van der Waals surface area contributed by atoms with E-state index in [0.29, 0.717) is 0 Å². The standard InChI is InChI=1S/C13H12ClFN2O2S/c1-8-11(15)3-2-4-13(8)17-20(18,19)9-5-6-12(16)10(14)7-9/h2-7,17H,16H2,1H3. The molecule has 4 nitrogen and oxygen atoms in total. The Balaban J connectivity index is 2.41. The molecule has 0 aliphatic rings. The highest BCUT2D eigenvalue weighted by Gasteiger charge is 2.17. The van der Waals surface area contributed by atoms with Crippen LogP contribution in [-0.4, -0.2) is 8.42 Å². The van der Waals surface area contributed by atoms with Gasteiger partial charge in [0.05, 0.1) is 21.3 Å². The highest BCUT2D eigenvalue weighted by atomic mass is 35.5. The molecule has 7 heteroatoms. The fourth-order valence-corrected chi connectivity index (χ4v) is 2.99. The molecule has 2 aromatic carbocycles. The Morgan fingerprint density at radius 2 is 1.95 bits per heavy atom. The highest BCUT2D eigenvalue weighted by Crippen LogP contribution is 2.25. The largest absolute Gasteiger partial charge is 0.398 e. The number of anilines is 2. The van der Waals surface area contributed by atoms with E-state index in [1.54, 1.807) is 0 Å². The van der Waals surface area contributed by atoms with E-state index in [4.69, 9.17) is 17.3 Å². The molecule has 0 heterocycles. The van der Waals surface area contributed by atoms with Crippen molar-refractivity contribution in [2.75, 3.05) is 10.5 Å². The topological polar surface area (TPSA) is 72.2 Å². The molecule has 0 saturated heterocycles. The zero-order chi connectivity index (χ0) is 14.9. The predicted molar refractivity (Wildman–Crippen MR) is 77.8 cm³/mol. The summed E-state index contributed by atoms with van der Waals surface area (Å²) in [5.74, 6) is -0.486. The van der Waals surface area contributed by atoms with Crippen LogP contribution in [0.25, 0.3) is 0 Å². The quantitative estimate of drug-likeness (QED) is 0.855. The van der Waals surface area contributed by atoms with Crippen LogP contribution in [0.1, 0.15) is 5.56 Å². The number of sulfonamides is 1. The SMILES string of the molecule is Cc1c(F)cccc1NS(=O)(=O)c1ccc(N)c(Cl)c1. The van der Waals surface area contributed by atoms with E-state index in [1.165, 1.54) is 43.3 Å². The molecule has 2 rings (SSSR count). The van der Waals surface area contributed by atoms with Crippen molar-refractivity contribution in [1.29, 1.82) is 0 Å². The molecule has 0 atom stereocenters. The Labute approximate surface area is 121 Å². The second-order valence-corrected chi connectivity index (χ2v) is 6.29. The molecule has 0 bridgehead atoms. The van der Waals surface area contributed by atoms with E-state index in [1.807, 2.05) is 0 Å². The van der Waals surface area contributed by atoms with Gasteiger partial charge in [0, 0.05) is 5.56 Å². The number of nitrogens with one attached hydrogen (secondary N) is 1. The van der Waals surface area contributed by atoms with Gasteiger partial charge in [0.25, 0.3) is 10.0 Å². The fraction of sp³-hybridized carbons (Fsp3) is 0.0769. The summed E-state index contributed by atoms with van der Waals surface area (Å²) in [6, 6.07) is 8.14. The van der Waals surface area contributed by atoms with E-state index in [-0.39, 0.29) is 26.9 Å². The molecule has 0 aliphatic carbocycles. The van der Waals surface area contributed by atoms with E-state index < -0.39 is 15.8 Å². The molecule has 0 amide bonds. The zero-order valence-electron chi connectivity index (χ0n) is 10.5. The van der Waals surface area contributed by atoms with Gasteiger partial charge in [-0.3, -0.25) is 4.72 Å². The normalized spacial score (nSPS) is 11.3. The minimum absolute atomic E-state index is 0.0413. The van der Waals surface area contributed by atoms with Crippen molar-refractivity contribution in [2.24, 2.45) is 0 Å². The maximum absolute atomic E-state index is 13.4. The number of hydrogen-bond acceptors (Lipinski definition) is 3. The smallest absolute Gasteiger partial charge is 0.261 e. The molecule has 0 aliphatic heterocycles. The molecular formula is C13H12ClFN2O2S. The molecule has 0 spiro atoms. The summed E-state index contributed by atoms with van der Waals surface area (Å²) in [5.41, 5.74) is 6.22. The molecule has 0 aromatic heterocycles. The first-order valence-corrected chi connectivity index (χ1v) is 7.50. The Hall–Kier alpha value is -1.79. The summed E-state index contributed by atoms with van der Waals surface area (Å²) in [4.78, 5) is -0.0413. The van der Waals surface area contributed by atoms with Crippen LogP contribution in [0.2, 0.25) is 5.02 Å². The van der Waals surface area contributed by atoms with Gasteiger partial charge in [-0.15, -0.1) is 0 Å². The molecule has 0 unspecified atom stereocenters. The van der Waals surface area contributed by atoms with Crippen molar-refractivity contribution in [2.45, 2.75) is 11.8 Å². The maximum atomic E-state index is 13.4. The van der Waals surface area contributed by atoms with Gasteiger partial charge in [0.1, 0.15) is 5.82 Å². The summed E-state index contributed by atoms with van der Waals surface area (Å²) in [5, 5.41) is 0.142. The van der Waals surface area contributed by atoms with Crippen LogP contribution in [0.4, 0.5) is 15.8 Å². The Morgan fingerprint density at radius 3 is 2.60 bits per heavy atom. The van der Waals surface area contributed by atoms with Gasteiger partial charge in [-0.05, 0) is 37.3 Å². The number of nitrogens with two attached hydrogens (primary N) is 1. The first-order valence-electron chi connectivity index (χ1n) is 5.64. The van der Waals surface area contributed by atoms with Crippen LogP contribution in [0.5, 0.6) is 0 Å². The summed E-state index contributed by atoms with van der Waals surface area (Å²) in [6.07, 6.45) is 0. The van der Waals surface area contributed by atoms with E-state index in [9.17, 15) is 12.8 Å². The van der Waals surface area contributed by atoms with Gasteiger partial charge in [0.15, 0.2) is 0 Å². The van der Waals surface area contributed by atoms with Crippen LogP contribution < -0.4 is 10.5 Å².